The van der Waals surface area contributed by atoms with Gasteiger partial charge in [-0.1, -0.05) is 60.7 Å². The third-order valence-corrected chi connectivity index (χ3v) is 5.21. The molecule has 0 unspecified atom stereocenters. The molecule has 5 heteroatoms. The van der Waals surface area contributed by atoms with Crippen LogP contribution >= 0.6 is 0 Å². The predicted molar refractivity (Wildman–Crippen MR) is 115 cm³/mol. The summed E-state index contributed by atoms with van der Waals surface area (Å²) in [5, 5.41) is 6.09. The second-order valence-corrected chi connectivity index (χ2v) is 7.20. The normalized spacial score (nSPS) is 12.3. The van der Waals surface area contributed by atoms with Crippen molar-refractivity contribution >= 4 is 11.7 Å². The number of rotatable bonds is 3. The number of nitrogens with one attached hydrogen (secondary N) is 3. The molecule has 1 aliphatic rings. The van der Waals surface area contributed by atoms with Crippen molar-refractivity contribution in [3.05, 3.63) is 95.8 Å². The Balaban J connectivity index is 1.38. The summed E-state index contributed by atoms with van der Waals surface area (Å²) >= 11 is 0. The van der Waals surface area contributed by atoms with Crippen LogP contribution in [0.25, 0.3) is 22.5 Å². The van der Waals surface area contributed by atoms with Crippen molar-refractivity contribution in [2.75, 3.05) is 5.32 Å². The second kappa shape index (κ2) is 6.95. The van der Waals surface area contributed by atoms with Crippen LogP contribution in [0.15, 0.2) is 79.0 Å². The third kappa shape index (κ3) is 3.17. The molecule has 0 saturated heterocycles. The molecule has 0 bridgehead atoms. The smallest absolute Gasteiger partial charge is 0.319 e. The fourth-order valence-corrected chi connectivity index (χ4v) is 3.91. The van der Waals surface area contributed by atoms with Gasteiger partial charge in [-0.15, -0.1) is 0 Å². The molecule has 0 saturated carbocycles. The van der Waals surface area contributed by atoms with E-state index < -0.39 is 0 Å². The number of aromatic nitrogens is 2. The van der Waals surface area contributed by atoms with Gasteiger partial charge in [0.1, 0.15) is 5.82 Å². The van der Waals surface area contributed by atoms with Crippen molar-refractivity contribution in [3.63, 3.8) is 0 Å². The van der Waals surface area contributed by atoms with Gasteiger partial charge in [0.05, 0.1) is 6.04 Å². The van der Waals surface area contributed by atoms with Crippen molar-refractivity contribution in [2.24, 2.45) is 0 Å². The highest BCUT2D eigenvalue weighted by atomic mass is 16.2. The second-order valence-electron chi connectivity index (χ2n) is 7.20. The summed E-state index contributed by atoms with van der Waals surface area (Å²) in [7, 11) is 0. The number of carbonyl (C=O) groups excluding carboxylic acids is 1. The van der Waals surface area contributed by atoms with E-state index in [9.17, 15) is 4.79 Å². The fraction of sp³-hybridized carbons (Fsp3) is 0.0833. The van der Waals surface area contributed by atoms with Crippen LogP contribution in [0.3, 0.4) is 0 Å². The number of fused-ring (bicyclic) bond motifs is 3. The first-order valence-corrected chi connectivity index (χ1v) is 9.57. The quantitative estimate of drug-likeness (QED) is 0.453. The number of nitrogens with zero attached hydrogens (tertiary/aromatic N) is 1. The van der Waals surface area contributed by atoms with E-state index in [0.29, 0.717) is 5.69 Å². The van der Waals surface area contributed by atoms with Crippen molar-refractivity contribution < 1.29 is 4.79 Å². The van der Waals surface area contributed by atoms with E-state index in [4.69, 9.17) is 0 Å². The highest BCUT2D eigenvalue weighted by Crippen LogP contribution is 2.43. The van der Waals surface area contributed by atoms with Crippen LogP contribution in [0.4, 0.5) is 10.5 Å². The van der Waals surface area contributed by atoms with Crippen molar-refractivity contribution in [2.45, 2.75) is 13.0 Å². The number of imidazole rings is 1. The summed E-state index contributed by atoms with van der Waals surface area (Å²) in [6, 6.07) is 23.6. The van der Waals surface area contributed by atoms with Crippen LogP contribution in [0.2, 0.25) is 0 Å². The van der Waals surface area contributed by atoms with Crippen molar-refractivity contribution in [1.82, 2.24) is 15.3 Å². The molecule has 0 fully saturated rings. The van der Waals surface area contributed by atoms with Gasteiger partial charge in [-0.05, 0) is 41.3 Å². The Morgan fingerprint density at radius 1 is 0.931 bits per heavy atom. The summed E-state index contributed by atoms with van der Waals surface area (Å²) in [5.41, 5.74) is 7.20. The van der Waals surface area contributed by atoms with E-state index in [-0.39, 0.29) is 12.1 Å². The standard InChI is InChI=1S/C24H20N4O/c1-15-14-25-23(26-15)16-7-6-8-17(13-16)27-24(29)28-22-20-11-4-2-9-18(20)19-10-3-5-12-21(19)22/h2-14,22H,1H3,(H,25,26)(H2,27,28,29). The summed E-state index contributed by atoms with van der Waals surface area (Å²) in [5.74, 6) is 0.783. The molecule has 4 aromatic rings. The Labute approximate surface area is 168 Å². The number of carbonyl (C=O) groups is 1. The summed E-state index contributed by atoms with van der Waals surface area (Å²) in [4.78, 5) is 20.4. The molecule has 3 N–H and O–H groups in total. The average Bonchev–Trinajstić information content (AvgIpc) is 3.31. The number of aryl methyl sites for hydroxylation is 1. The first-order valence-electron chi connectivity index (χ1n) is 9.57. The zero-order valence-electron chi connectivity index (χ0n) is 15.9. The molecule has 1 aliphatic carbocycles. The molecule has 142 valence electrons. The third-order valence-electron chi connectivity index (χ3n) is 5.21. The number of benzene rings is 3. The largest absolute Gasteiger partial charge is 0.342 e. The Kier molecular flexibility index (Phi) is 4.13. The van der Waals surface area contributed by atoms with E-state index >= 15 is 0 Å². The maximum atomic E-state index is 12.8. The topological polar surface area (TPSA) is 69.8 Å². The first-order chi connectivity index (χ1) is 14.2. The molecule has 5 nitrogen and oxygen atoms in total. The van der Waals surface area contributed by atoms with Crippen LogP contribution in [-0.4, -0.2) is 16.0 Å². The highest BCUT2D eigenvalue weighted by molar-refractivity contribution is 5.92. The lowest BCUT2D eigenvalue weighted by Gasteiger charge is -2.16. The number of hydrogen-bond donors (Lipinski definition) is 3. The van der Waals surface area contributed by atoms with Crippen LogP contribution in [0, 0.1) is 6.92 Å². The Hall–Kier alpha value is -3.86. The molecule has 0 aliphatic heterocycles. The van der Waals surface area contributed by atoms with E-state index in [2.05, 4.69) is 44.9 Å². The monoisotopic (exact) mass is 380 g/mol. The molecule has 5 rings (SSSR count). The van der Waals surface area contributed by atoms with E-state index in [1.807, 2.05) is 55.5 Å². The van der Waals surface area contributed by atoms with Gasteiger partial charge in [0.15, 0.2) is 0 Å². The van der Waals surface area contributed by atoms with Crippen LogP contribution in [0.5, 0.6) is 0 Å². The molecule has 0 atom stereocenters. The Morgan fingerprint density at radius 3 is 2.28 bits per heavy atom. The zero-order chi connectivity index (χ0) is 19.8. The van der Waals surface area contributed by atoms with Crippen LogP contribution in [-0.2, 0) is 0 Å². The summed E-state index contributed by atoms with van der Waals surface area (Å²) in [6.07, 6.45) is 1.79. The molecular formula is C24H20N4O. The lowest BCUT2D eigenvalue weighted by Crippen LogP contribution is -2.32. The molecule has 3 aromatic carbocycles. The Bertz CT molecular complexity index is 1170. The van der Waals surface area contributed by atoms with Gasteiger partial charge in [0.25, 0.3) is 0 Å². The van der Waals surface area contributed by atoms with Gasteiger partial charge in [0, 0.05) is 23.1 Å². The minimum Gasteiger partial charge on any atom is -0.342 e. The van der Waals surface area contributed by atoms with Crippen molar-refractivity contribution in [1.29, 1.82) is 0 Å². The molecule has 1 heterocycles. The minimum absolute atomic E-state index is 0.168. The highest BCUT2D eigenvalue weighted by Gasteiger charge is 2.29. The minimum atomic E-state index is -0.241. The van der Waals surface area contributed by atoms with Gasteiger partial charge in [-0.2, -0.15) is 0 Å². The first kappa shape index (κ1) is 17.3. The van der Waals surface area contributed by atoms with Crippen LogP contribution in [0.1, 0.15) is 22.9 Å². The maximum absolute atomic E-state index is 12.8. The zero-order valence-corrected chi connectivity index (χ0v) is 15.9. The van der Waals surface area contributed by atoms with Gasteiger partial charge < -0.3 is 15.6 Å². The van der Waals surface area contributed by atoms with Crippen molar-refractivity contribution in [3.8, 4) is 22.5 Å². The SMILES string of the molecule is Cc1cnc(-c2cccc(NC(=O)NC3c4ccccc4-c4ccccc43)c2)[nH]1. The predicted octanol–water partition coefficient (Wildman–Crippen LogP) is 5.28. The Morgan fingerprint density at radius 2 is 1.62 bits per heavy atom. The summed E-state index contributed by atoms with van der Waals surface area (Å²) < 4.78 is 0. The average molecular weight is 380 g/mol. The van der Waals surface area contributed by atoms with Gasteiger partial charge >= 0.3 is 6.03 Å². The van der Waals surface area contributed by atoms with Gasteiger partial charge in [-0.25, -0.2) is 9.78 Å². The van der Waals surface area contributed by atoms with Gasteiger partial charge in [-0.3, -0.25) is 0 Å². The number of H-pyrrole nitrogens is 1. The molecule has 1 aromatic heterocycles. The number of anilines is 1. The van der Waals surface area contributed by atoms with E-state index in [1.54, 1.807) is 6.20 Å². The summed E-state index contributed by atoms with van der Waals surface area (Å²) in [6.45, 7) is 1.96. The maximum Gasteiger partial charge on any atom is 0.319 e. The molecule has 0 spiro atoms. The fourth-order valence-electron chi connectivity index (χ4n) is 3.91. The van der Waals surface area contributed by atoms with E-state index in [0.717, 1.165) is 28.2 Å². The lowest BCUT2D eigenvalue weighted by atomic mass is 10.1. The lowest BCUT2D eigenvalue weighted by molar-refractivity contribution is 0.250. The van der Waals surface area contributed by atoms with Crippen LogP contribution < -0.4 is 10.6 Å². The number of aromatic amines is 1. The molecule has 29 heavy (non-hydrogen) atoms. The molecule has 0 radical (unpaired) electrons. The molecule has 2 amide bonds. The molecular weight excluding hydrogens is 360 g/mol. The number of hydrogen-bond acceptors (Lipinski definition) is 2. The van der Waals surface area contributed by atoms with Gasteiger partial charge in [0.2, 0.25) is 0 Å². The number of urea groups is 1. The number of amides is 2. The van der Waals surface area contributed by atoms with E-state index in [1.165, 1.54) is 11.1 Å².